The number of carbonyl (C=O) groups is 2. The van der Waals surface area contributed by atoms with Gasteiger partial charge in [-0.2, -0.15) is 0 Å². The Labute approximate surface area is 123 Å². The normalized spacial score (nSPS) is 11.8. The molecule has 1 aromatic rings. The number of amides is 2. The van der Waals surface area contributed by atoms with E-state index in [1.807, 2.05) is 31.2 Å². The highest BCUT2D eigenvalue weighted by molar-refractivity contribution is 8.01. The van der Waals surface area contributed by atoms with Gasteiger partial charge in [-0.15, -0.1) is 11.8 Å². The zero-order valence-corrected chi connectivity index (χ0v) is 13.0. The van der Waals surface area contributed by atoms with Crippen molar-refractivity contribution in [3.05, 3.63) is 29.8 Å². The summed E-state index contributed by atoms with van der Waals surface area (Å²) in [4.78, 5) is 28.3. The molecule has 2 amide bonds. The number of hydroxylamine groups is 2. The summed E-state index contributed by atoms with van der Waals surface area (Å²) in [5, 5.41) is 3.62. The first kappa shape index (κ1) is 16.5. The lowest BCUT2D eigenvalue weighted by Gasteiger charge is -2.18. The number of hydrogen-bond acceptors (Lipinski definition) is 4. The molecule has 0 heterocycles. The van der Waals surface area contributed by atoms with E-state index in [4.69, 9.17) is 4.84 Å². The van der Waals surface area contributed by atoms with Crippen LogP contribution in [-0.2, 0) is 14.4 Å². The number of thioether (sulfide) groups is 1. The molecule has 0 saturated heterocycles. The largest absolute Gasteiger partial charge is 0.325 e. The molecule has 0 aliphatic heterocycles. The quantitative estimate of drug-likeness (QED) is 0.817. The Balaban J connectivity index is 2.40. The highest BCUT2D eigenvalue weighted by Gasteiger charge is 2.19. The Kier molecular flexibility index (Phi) is 6.54. The predicted octanol–water partition coefficient (Wildman–Crippen LogP) is 2.08. The number of aryl methyl sites for hydroxylation is 1. The summed E-state index contributed by atoms with van der Waals surface area (Å²) < 4.78 is 0. The molecule has 0 spiro atoms. The fourth-order valence-electron chi connectivity index (χ4n) is 1.45. The molecule has 0 aliphatic carbocycles. The molecule has 0 saturated carbocycles. The second-order valence-electron chi connectivity index (χ2n) is 4.39. The maximum absolute atomic E-state index is 11.8. The molecule has 1 N–H and O–H groups in total. The van der Waals surface area contributed by atoms with E-state index in [2.05, 4.69) is 5.32 Å². The van der Waals surface area contributed by atoms with E-state index in [1.54, 1.807) is 14.0 Å². The molecule has 1 rings (SSSR count). The van der Waals surface area contributed by atoms with E-state index >= 15 is 0 Å². The zero-order chi connectivity index (χ0) is 15.1. The lowest BCUT2D eigenvalue weighted by Crippen LogP contribution is -2.33. The van der Waals surface area contributed by atoms with Crippen LogP contribution in [0.25, 0.3) is 0 Å². The summed E-state index contributed by atoms with van der Waals surface area (Å²) in [6, 6.07) is 7.57. The van der Waals surface area contributed by atoms with Gasteiger partial charge < -0.3 is 5.32 Å². The van der Waals surface area contributed by atoms with E-state index in [0.717, 1.165) is 16.3 Å². The maximum atomic E-state index is 11.8. The molecular weight excluding hydrogens is 276 g/mol. The smallest absolute Gasteiger partial charge is 0.258 e. The summed E-state index contributed by atoms with van der Waals surface area (Å²) in [7, 11) is 2.98. The van der Waals surface area contributed by atoms with Gasteiger partial charge in [0.1, 0.15) is 0 Å². The van der Waals surface area contributed by atoms with Crippen LogP contribution in [0.4, 0.5) is 5.69 Å². The van der Waals surface area contributed by atoms with Crippen LogP contribution < -0.4 is 5.32 Å². The van der Waals surface area contributed by atoms with Gasteiger partial charge in [0, 0.05) is 12.7 Å². The number of nitrogens with zero attached hydrogens (tertiary/aromatic N) is 1. The van der Waals surface area contributed by atoms with Crippen molar-refractivity contribution in [2.75, 3.05) is 25.2 Å². The average Bonchev–Trinajstić information content (AvgIpc) is 2.45. The van der Waals surface area contributed by atoms with Crippen LogP contribution in [-0.4, -0.2) is 42.0 Å². The van der Waals surface area contributed by atoms with Crippen LogP contribution in [0.5, 0.6) is 0 Å². The van der Waals surface area contributed by atoms with Gasteiger partial charge >= 0.3 is 0 Å². The third-order valence-electron chi connectivity index (χ3n) is 2.73. The first-order valence-corrected chi connectivity index (χ1v) is 7.28. The molecule has 110 valence electrons. The van der Waals surface area contributed by atoms with E-state index < -0.39 is 0 Å². The number of hydrogen-bond donors (Lipinski definition) is 1. The van der Waals surface area contributed by atoms with Gasteiger partial charge in [-0.25, -0.2) is 5.06 Å². The highest BCUT2D eigenvalue weighted by atomic mass is 32.2. The zero-order valence-electron chi connectivity index (χ0n) is 12.2. The van der Waals surface area contributed by atoms with E-state index in [-0.39, 0.29) is 22.8 Å². The molecule has 0 aromatic heterocycles. The van der Waals surface area contributed by atoms with Gasteiger partial charge in [0.05, 0.1) is 18.1 Å². The number of benzene rings is 1. The average molecular weight is 296 g/mol. The third-order valence-corrected chi connectivity index (χ3v) is 3.86. The SMILES string of the molecule is CON(C)C(=O)C(C)SCC(=O)Nc1ccc(C)cc1. The molecule has 1 aromatic carbocycles. The summed E-state index contributed by atoms with van der Waals surface area (Å²) in [5.41, 5.74) is 1.90. The number of rotatable bonds is 6. The van der Waals surface area contributed by atoms with E-state index in [1.165, 1.54) is 18.9 Å². The minimum absolute atomic E-state index is 0.126. The fraction of sp³-hybridized carbons (Fsp3) is 0.429. The number of anilines is 1. The summed E-state index contributed by atoms with van der Waals surface area (Å²) >= 11 is 1.28. The first-order chi connectivity index (χ1) is 9.43. The Morgan fingerprint density at radius 3 is 2.50 bits per heavy atom. The monoisotopic (exact) mass is 296 g/mol. The topological polar surface area (TPSA) is 58.6 Å². The Bertz CT molecular complexity index is 462. The van der Waals surface area contributed by atoms with Crippen molar-refractivity contribution in [2.24, 2.45) is 0 Å². The summed E-state index contributed by atoms with van der Waals surface area (Å²) in [5.74, 6) is -0.0718. The third kappa shape index (κ3) is 5.22. The van der Waals surface area contributed by atoms with Crippen LogP contribution in [0.2, 0.25) is 0 Å². The molecule has 1 atom stereocenters. The maximum Gasteiger partial charge on any atom is 0.258 e. The summed E-state index contributed by atoms with van der Waals surface area (Å²) in [6.45, 7) is 3.74. The van der Waals surface area contributed by atoms with Crippen LogP contribution in [0.1, 0.15) is 12.5 Å². The number of carbonyl (C=O) groups excluding carboxylic acids is 2. The molecule has 0 radical (unpaired) electrons. The van der Waals surface area contributed by atoms with Crippen LogP contribution in [0, 0.1) is 6.92 Å². The highest BCUT2D eigenvalue weighted by Crippen LogP contribution is 2.14. The minimum Gasteiger partial charge on any atom is -0.325 e. The van der Waals surface area contributed by atoms with Crippen molar-refractivity contribution in [3.63, 3.8) is 0 Å². The van der Waals surface area contributed by atoms with Crippen molar-refractivity contribution in [2.45, 2.75) is 19.1 Å². The van der Waals surface area contributed by atoms with Crippen molar-refractivity contribution < 1.29 is 14.4 Å². The van der Waals surface area contributed by atoms with E-state index in [0.29, 0.717) is 0 Å². The second-order valence-corrected chi connectivity index (χ2v) is 5.71. The van der Waals surface area contributed by atoms with Gasteiger partial charge in [0.2, 0.25) is 5.91 Å². The molecule has 0 fully saturated rings. The van der Waals surface area contributed by atoms with Crippen LogP contribution in [0.3, 0.4) is 0 Å². The molecule has 0 aliphatic rings. The molecule has 1 unspecified atom stereocenters. The van der Waals surface area contributed by atoms with Crippen molar-refractivity contribution >= 4 is 29.3 Å². The van der Waals surface area contributed by atoms with Gasteiger partial charge in [-0.05, 0) is 26.0 Å². The van der Waals surface area contributed by atoms with Gasteiger partial charge in [-0.1, -0.05) is 17.7 Å². The molecule has 6 heteroatoms. The molecule has 0 bridgehead atoms. The second kappa shape index (κ2) is 7.91. The van der Waals surface area contributed by atoms with Crippen molar-refractivity contribution in [1.29, 1.82) is 0 Å². The Hall–Kier alpha value is -1.53. The standard InChI is InChI=1S/C14H20N2O3S/c1-10-5-7-12(8-6-10)15-13(17)9-20-11(2)14(18)16(3)19-4/h5-8,11H,9H2,1-4H3,(H,15,17). The Morgan fingerprint density at radius 2 is 1.95 bits per heavy atom. The van der Waals surface area contributed by atoms with Crippen LogP contribution >= 0.6 is 11.8 Å². The molecule has 20 heavy (non-hydrogen) atoms. The lowest BCUT2D eigenvalue weighted by atomic mass is 10.2. The fourth-order valence-corrected chi connectivity index (χ4v) is 2.22. The van der Waals surface area contributed by atoms with Crippen molar-refractivity contribution in [1.82, 2.24) is 5.06 Å². The first-order valence-electron chi connectivity index (χ1n) is 6.24. The Morgan fingerprint density at radius 1 is 1.35 bits per heavy atom. The van der Waals surface area contributed by atoms with Crippen LogP contribution in [0.15, 0.2) is 24.3 Å². The minimum atomic E-state index is -0.330. The molecular formula is C14H20N2O3S. The number of nitrogens with one attached hydrogen (secondary N) is 1. The summed E-state index contributed by atoms with van der Waals surface area (Å²) in [6.07, 6.45) is 0. The lowest BCUT2D eigenvalue weighted by molar-refractivity contribution is -0.167. The van der Waals surface area contributed by atoms with E-state index in [9.17, 15) is 9.59 Å². The van der Waals surface area contributed by atoms with Gasteiger partial charge in [0.15, 0.2) is 0 Å². The van der Waals surface area contributed by atoms with Gasteiger partial charge in [-0.3, -0.25) is 14.4 Å². The van der Waals surface area contributed by atoms with Crippen molar-refractivity contribution in [3.8, 4) is 0 Å². The van der Waals surface area contributed by atoms with Gasteiger partial charge in [0.25, 0.3) is 5.91 Å². The molecule has 5 nitrogen and oxygen atoms in total. The predicted molar refractivity (Wildman–Crippen MR) is 81.5 cm³/mol.